The number of hydrogen-bond donors (Lipinski definition) is 1. The Kier molecular flexibility index (Phi) is 4.21. The van der Waals surface area contributed by atoms with Gasteiger partial charge in [-0.15, -0.1) is 10.2 Å². The van der Waals surface area contributed by atoms with Crippen LogP contribution in [0, 0.1) is 0 Å². The SMILES string of the molecule is Cn1cc(-c2nnc(C(=O)N3CCc4[nH]cnc4[C@@H]3c3cc4ccc(Br)cn4n3)o2)cn1. The van der Waals surface area contributed by atoms with Crippen LogP contribution in [-0.2, 0) is 13.5 Å². The number of amides is 1. The molecule has 0 spiro atoms. The van der Waals surface area contributed by atoms with Crippen LogP contribution >= 0.6 is 15.9 Å². The lowest BCUT2D eigenvalue weighted by Gasteiger charge is -2.32. The minimum atomic E-state index is -0.482. The number of rotatable bonds is 3. The second kappa shape index (κ2) is 7.12. The van der Waals surface area contributed by atoms with Crippen molar-refractivity contribution in [1.82, 2.24) is 44.5 Å². The average Bonchev–Trinajstić information content (AvgIpc) is 3.57. The Morgan fingerprint density at radius 1 is 1.28 bits per heavy atom. The van der Waals surface area contributed by atoms with Gasteiger partial charge in [-0.1, -0.05) is 0 Å². The summed E-state index contributed by atoms with van der Waals surface area (Å²) in [6, 6.07) is 5.38. The molecule has 1 amide bonds. The maximum atomic E-state index is 13.5. The molecule has 0 radical (unpaired) electrons. The predicted octanol–water partition coefficient (Wildman–Crippen LogP) is 2.39. The highest BCUT2D eigenvalue weighted by Crippen LogP contribution is 2.34. The molecule has 0 saturated carbocycles. The molecule has 0 unspecified atom stereocenters. The summed E-state index contributed by atoms with van der Waals surface area (Å²) in [4.78, 5) is 22.8. The quantitative estimate of drug-likeness (QED) is 0.409. The summed E-state index contributed by atoms with van der Waals surface area (Å²) in [7, 11) is 1.79. The van der Waals surface area contributed by atoms with Crippen LogP contribution < -0.4 is 0 Å². The molecule has 0 fully saturated rings. The monoisotopic (exact) mass is 493 g/mol. The summed E-state index contributed by atoms with van der Waals surface area (Å²) in [6.45, 7) is 0.459. The lowest BCUT2D eigenvalue weighted by Crippen LogP contribution is -2.41. The van der Waals surface area contributed by atoms with Crippen molar-refractivity contribution in [2.75, 3.05) is 6.54 Å². The summed E-state index contributed by atoms with van der Waals surface area (Å²) < 4.78 is 10.0. The van der Waals surface area contributed by atoms with E-state index in [1.165, 1.54) is 0 Å². The minimum Gasteiger partial charge on any atom is -0.412 e. The van der Waals surface area contributed by atoms with E-state index in [-0.39, 0.29) is 17.7 Å². The summed E-state index contributed by atoms with van der Waals surface area (Å²) >= 11 is 3.47. The Hall–Kier alpha value is -3.80. The van der Waals surface area contributed by atoms with Crippen LogP contribution in [0.2, 0.25) is 0 Å². The van der Waals surface area contributed by atoms with Crippen molar-refractivity contribution in [3.05, 3.63) is 70.6 Å². The normalized spacial score (nSPS) is 15.9. The topological polar surface area (TPSA) is 123 Å². The van der Waals surface area contributed by atoms with E-state index in [0.29, 0.717) is 24.2 Å². The molecule has 11 nitrogen and oxygen atoms in total. The van der Waals surface area contributed by atoms with E-state index in [1.54, 1.807) is 39.9 Å². The third-order valence-corrected chi connectivity index (χ3v) is 5.94. The van der Waals surface area contributed by atoms with Crippen LogP contribution in [-0.4, -0.2) is 56.9 Å². The van der Waals surface area contributed by atoms with Gasteiger partial charge in [0.05, 0.1) is 35.0 Å². The molecule has 0 aromatic carbocycles. The Balaban J connectivity index is 1.40. The van der Waals surface area contributed by atoms with Crippen LogP contribution in [0.1, 0.15) is 33.8 Å². The molecule has 5 aromatic heterocycles. The van der Waals surface area contributed by atoms with Crippen molar-refractivity contribution >= 4 is 27.4 Å². The fraction of sp³-hybridized carbons (Fsp3) is 0.200. The van der Waals surface area contributed by atoms with E-state index in [4.69, 9.17) is 9.52 Å². The van der Waals surface area contributed by atoms with Gasteiger partial charge >= 0.3 is 11.8 Å². The third kappa shape index (κ3) is 3.02. The number of nitrogens with zero attached hydrogens (tertiary/aromatic N) is 8. The molecule has 0 aliphatic carbocycles. The molecular formula is C20H16BrN9O2. The van der Waals surface area contributed by atoms with Gasteiger partial charge < -0.3 is 14.3 Å². The summed E-state index contributed by atoms with van der Waals surface area (Å²) in [6.07, 6.45) is 7.51. The molecule has 5 aromatic rings. The number of nitrogens with one attached hydrogen (secondary N) is 1. The molecule has 160 valence electrons. The van der Waals surface area contributed by atoms with Crippen molar-refractivity contribution in [1.29, 1.82) is 0 Å². The lowest BCUT2D eigenvalue weighted by molar-refractivity contribution is 0.0646. The van der Waals surface area contributed by atoms with Crippen LogP contribution in [0.15, 0.2) is 52.0 Å². The van der Waals surface area contributed by atoms with Gasteiger partial charge in [0.2, 0.25) is 0 Å². The first-order chi connectivity index (χ1) is 15.6. The largest absolute Gasteiger partial charge is 0.412 e. The van der Waals surface area contributed by atoms with Gasteiger partial charge in [-0.25, -0.2) is 9.50 Å². The van der Waals surface area contributed by atoms with Gasteiger partial charge in [-0.2, -0.15) is 10.2 Å². The van der Waals surface area contributed by atoms with E-state index in [0.717, 1.165) is 21.4 Å². The summed E-state index contributed by atoms with van der Waals surface area (Å²) in [5.74, 6) is -0.211. The van der Waals surface area contributed by atoms with Crippen molar-refractivity contribution in [2.24, 2.45) is 7.05 Å². The van der Waals surface area contributed by atoms with Gasteiger partial charge in [-0.3, -0.25) is 9.48 Å². The van der Waals surface area contributed by atoms with E-state index in [1.807, 2.05) is 24.4 Å². The fourth-order valence-corrected chi connectivity index (χ4v) is 4.32. The van der Waals surface area contributed by atoms with Crippen molar-refractivity contribution < 1.29 is 9.21 Å². The molecular weight excluding hydrogens is 478 g/mol. The number of halogens is 1. The number of hydrogen-bond acceptors (Lipinski definition) is 7. The first kappa shape index (κ1) is 18.9. The van der Waals surface area contributed by atoms with Crippen LogP contribution in [0.5, 0.6) is 0 Å². The first-order valence-corrected chi connectivity index (χ1v) is 10.7. The van der Waals surface area contributed by atoms with E-state index in [2.05, 4.69) is 41.2 Å². The van der Waals surface area contributed by atoms with Crippen molar-refractivity contribution in [3.63, 3.8) is 0 Å². The van der Waals surface area contributed by atoms with Gasteiger partial charge in [0.25, 0.3) is 5.89 Å². The lowest BCUT2D eigenvalue weighted by atomic mass is 9.99. The Morgan fingerprint density at radius 3 is 3.03 bits per heavy atom. The minimum absolute atomic E-state index is 0.0839. The zero-order chi connectivity index (χ0) is 21.8. The number of H-pyrrole nitrogens is 1. The fourth-order valence-electron chi connectivity index (χ4n) is 3.99. The highest BCUT2D eigenvalue weighted by atomic mass is 79.9. The Morgan fingerprint density at radius 2 is 2.19 bits per heavy atom. The number of fused-ring (bicyclic) bond motifs is 2. The van der Waals surface area contributed by atoms with Crippen LogP contribution in [0.3, 0.4) is 0 Å². The molecule has 0 bridgehead atoms. The van der Waals surface area contributed by atoms with Gasteiger partial charge in [0, 0.05) is 42.6 Å². The van der Waals surface area contributed by atoms with E-state index >= 15 is 0 Å². The first-order valence-electron chi connectivity index (χ1n) is 9.87. The molecule has 1 N–H and O–H groups in total. The number of imidazole rings is 1. The van der Waals surface area contributed by atoms with Gasteiger partial charge in [0.1, 0.15) is 6.04 Å². The molecule has 32 heavy (non-hydrogen) atoms. The maximum Gasteiger partial charge on any atom is 0.312 e. The number of carbonyl (C=O) groups excluding carboxylic acids is 1. The zero-order valence-electron chi connectivity index (χ0n) is 16.8. The Labute approximate surface area is 189 Å². The van der Waals surface area contributed by atoms with Gasteiger partial charge in [-0.05, 0) is 34.1 Å². The predicted molar refractivity (Wildman–Crippen MR) is 115 cm³/mol. The molecule has 6 heterocycles. The zero-order valence-corrected chi connectivity index (χ0v) is 18.4. The molecule has 1 aliphatic heterocycles. The molecule has 6 rings (SSSR count). The standard InChI is InChI=1S/C20H16BrN9O2/c1-28-8-11(7-24-28)18-25-26-19(32-18)20(31)29-5-4-14-16(23-10-22-14)17(29)15-6-13-3-2-12(21)9-30(13)27-15/h2-3,6-10,17H,4-5H2,1H3,(H,22,23)/t17-/m0/s1. The molecule has 1 atom stereocenters. The Bertz CT molecular complexity index is 1460. The molecule has 0 saturated heterocycles. The second-order valence-electron chi connectivity index (χ2n) is 7.52. The number of aromatic amines is 1. The van der Waals surface area contributed by atoms with Crippen molar-refractivity contribution in [2.45, 2.75) is 12.5 Å². The number of carbonyl (C=O) groups is 1. The summed E-state index contributed by atoms with van der Waals surface area (Å²) in [5.41, 5.74) is 4.01. The van der Waals surface area contributed by atoms with E-state index in [9.17, 15) is 4.79 Å². The van der Waals surface area contributed by atoms with Crippen molar-refractivity contribution in [3.8, 4) is 11.5 Å². The third-order valence-electron chi connectivity index (χ3n) is 5.47. The highest BCUT2D eigenvalue weighted by molar-refractivity contribution is 9.10. The highest BCUT2D eigenvalue weighted by Gasteiger charge is 2.38. The average molecular weight is 494 g/mol. The van der Waals surface area contributed by atoms with Crippen LogP contribution in [0.25, 0.3) is 17.0 Å². The maximum absolute atomic E-state index is 13.5. The molecule has 12 heteroatoms. The summed E-state index contributed by atoms with van der Waals surface area (Å²) in [5, 5.41) is 16.8. The van der Waals surface area contributed by atoms with Crippen LogP contribution in [0.4, 0.5) is 0 Å². The second-order valence-corrected chi connectivity index (χ2v) is 8.43. The number of aromatic nitrogens is 8. The smallest absolute Gasteiger partial charge is 0.312 e. The molecule has 1 aliphatic rings. The van der Waals surface area contributed by atoms with Gasteiger partial charge in [0.15, 0.2) is 0 Å². The van der Waals surface area contributed by atoms with E-state index < -0.39 is 6.04 Å². The number of pyridine rings is 1. The number of aryl methyl sites for hydroxylation is 1.